The molecular weight excluding hydrogens is 284 g/mol. The number of carbonyl (C=O) groups excluding carboxylic acids is 2. The predicted octanol–water partition coefficient (Wildman–Crippen LogP) is 1.66. The SMILES string of the molecule is NCC(=O)c1cccc(NC(=O)C2CCCCC2C(=O)O)c1. The first-order valence-corrected chi connectivity index (χ1v) is 7.40. The first-order chi connectivity index (χ1) is 10.5. The number of amides is 1. The van der Waals surface area contributed by atoms with Crippen molar-refractivity contribution >= 4 is 23.3 Å². The largest absolute Gasteiger partial charge is 0.481 e. The smallest absolute Gasteiger partial charge is 0.307 e. The highest BCUT2D eigenvalue weighted by molar-refractivity contribution is 6.00. The summed E-state index contributed by atoms with van der Waals surface area (Å²) >= 11 is 0. The van der Waals surface area contributed by atoms with E-state index in [0.717, 1.165) is 12.8 Å². The van der Waals surface area contributed by atoms with Crippen LogP contribution in [0.15, 0.2) is 24.3 Å². The van der Waals surface area contributed by atoms with Gasteiger partial charge in [0.15, 0.2) is 5.78 Å². The van der Waals surface area contributed by atoms with Gasteiger partial charge in [-0.25, -0.2) is 0 Å². The molecule has 2 unspecified atom stereocenters. The van der Waals surface area contributed by atoms with E-state index in [0.29, 0.717) is 24.1 Å². The molecule has 1 aromatic carbocycles. The van der Waals surface area contributed by atoms with Crippen LogP contribution in [0.2, 0.25) is 0 Å². The number of benzene rings is 1. The number of aliphatic carboxylic acids is 1. The van der Waals surface area contributed by atoms with Gasteiger partial charge in [-0.15, -0.1) is 0 Å². The zero-order valence-corrected chi connectivity index (χ0v) is 12.2. The molecule has 4 N–H and O–H groups in total. The Bertz CT molecular complexity index is 585. The van der Waals surface area contributed by atoms with Crippen molar-refractivity contribution in [1.82, 2.24) is 0 Å². The van der Waals surface area contributed by atoms with Crippen molar-refractivity contribution in [3.8, 4) is 0 Å². The second-order valence-electron chi connectivity index (χ2n) is 5.53. The molecule has 0 radical (unpaired) electrons. The average molecular weight is 304 g/mol. The zero-order valence-electron chi connectivity index (χ0n) is 12.2. The number of carbonyl (C=O) groups is 3. The molecule has 1 amide bonds. The molecule has 6 heteroatoms. The van der Waals surface area contributed by atoms with Gasteiger partial charge in [-0.1, -0.05) is 25.0 Å². The standard InChI is InChI=1S/C16H20N2O4/c17-9-14(19)10-4-3-5-11(8-10)18-15(20)12-6-1-2-7-13(12)16(21)22/h3-5,8,12-13H,1-2,6-7,9,17H2,(H,18,20)(H,21,22). The Hall–Kier alpha value is -2.21. The van der Waals surface area contributed by atoms with Crippen LogP contribution in [-0.4, -0.2) is 29.3 Å². The number of hydrogen-bond acceptors (Lipinski definition) is 4. The summed E-state index contributed by atoms with van der Waals surface area (Å²) in [6.07, 6.45) is 2.79. The second kappa shape index (κ2) is 7.17. The Kier molecular flexibility index (Phi) is 5.27. The van der Waals surface area contributed by atoms with Gasteiger partial charge < -0.3 is 16.2 Å². The number of carboxylic acid groups (broad SMARTS) is 1. The number of Topliss-reactive ketones (excluding diaryl/α,β-unsaturated/α-hetero) is 1. The van der Waals surface area contributed by atoms with Gasteiger partial charge in [0.05, 0.1) is 18.4 Å². The summed E-state index contributed by atoms with van der Waals surface area (Å²) in [7, 11) is 0. The third kappa shape index (κ3) is 3.71. The van der Waals surface area contributed by atoms with Crippen molar-refractivity contribution in [3.05, 3.63) is 29.8 Å². The molecule has 22 heavy (non-hydrogen) atoms. The van der Waals surface area contributed by atoms with Gasteiger partial charge >= 0.3 is 5.97 Å². The Labute approximate surface area is 128 Å². The molecular formula is C16H20N2O4. The number of hydrogen-bond donors (Lipinski definition) is 3. The van der Waals surface area contributed by atoms with Gasteiger partial charge in [0.2, 0.25) is 5.91 Å². The van der Waals surface area contributed by atoms with Gasteiger partial charge in [-0.3, -0.25) is 14.4 Å². The summed E-state index contributed by atoms with van der Waals surface area (Å²) in [6, 6.07) is 6.52. The molecule has 0 bridgehead atoms. The van der Waals surface area contributed by atoms with Crippen LogP contribution < -0.4 is 11.1 Å². The number of ketones is 1. The maximum absolute atomic E-state index is 12.3. The summed E-state index contributed by atoms with van der Waals surface area (Å²) < 4.78 is 0. The minimum absolute atomic E-state index is 0.0961. The molecule has 0 aliphatic heterocycles. The van der Waals surface area contributed by atoms with Gasteiger partial charge in [0.1, 0.15) is 0 Å². The summed E-state index contributed by atoms with van der Waals surface area (Å²) in [4.78, 5) is 35.2. The maximum Gasteiger partial charge on any atom is 0.307 e. The lowest BCUT2D eigenvalue weighted by Gasteiger charge is -2.27. The third-order valence-corrected chi connectivity index (χ3v) is 4.06. The minimum Gasteiger partial charge on any atom is -0.481 e. The van der Waals surface area contributed by atoms with Crippen molar-refractivity contribution in [1.29, 1.82) is 0 Å². The lowest BCUT2D eigenvalue weighted by molar-refractivity contribution is -0.147. The Morgan fingerprint density at radius 2 is 1.86 bits per heavy atom. The van der Waals surface area contributed by atoms with Crippen LogP contribution >= 0.6 is 0 Å². The van der Waals surface area contributed by atoms with Gasteiger partial charge in [0.25, 0.3) is 0 Å². The molecule has 1 fully saturated rings. The fraction of sp³-hybridized carbons (Fsp3) is 0.438. The molecule has 1 aromatic rings. The van der Waals surface area contributed by atoms with Crippen molar-refractivity contribution in [2.45, 2.75) is 25.7 Å². The topological polar surface area (TPSA) is 109 Å². The molecule has 1 aliphatic carbocycles. The highest BCUT2D eigenvalue weighted by atomic mass is 16.4. The fourth-order valence-corrected chi connectivity index (χ4v) is 2.86. The van der Waals surface area contributed by atoms with E-state index < -0.39 is 17.8 Å². The van der Waals surface area contributed by atoms with E-state index >= 15 is 0 Å². The summed E-state index contributed by atoms with van der Waals surface area (Å²) in [5.74, 6) is -2.60. The van der Waals surface area contributed by atoms with Gasteiger partial charge in [-0.05, 0) is 25.0 Å². The van der Waals surface area contributed by atoms with E-state index in [4.69, 9.17) is 5.73 Å². The third-order valence-electron chi connectivity index (χ3n) is 4.06. The van der Waals surface area contributed by atoms with Gasteiger partial charge in [0, 0.05) is 11.3 Å². The second-order valence-corrected chi connectivity index (χ2v) is 5.53. The van der Waals surface area contributed by atoms with Crippen LogP contribution in [0.4, 0.5) is 5.69 Å². The quantitative estimate of drug-likeness (QED) is 0.717. The van der Waals surface area contributed by atoms with E-state index in [-0.39, 0.29) is 18.2 Å². The molecule has 0 spiro atoms. The predicted molar refractivity (Wildman–Crippen MR) is 81.5 cm³/mol. The van der Waals surface area contributed by atoms with E-state index in [2.05, 4.69) is 5.32 Å². The molecule has 6 nitrogen and oxygen atoms in total. The van der Waals surface area contributed by atoms with Crippen molar-refractivity contribution in [3.63, 3.8) is 0 Å². The molecule has 2 atom stereocenters. The minimum atomic E-state index is -0.924. The number of nitrogens with two attached hydrogens (primary N) is 1. The lowest BCUT2D eigenvalue weighted by atomic mass is 9.78. The van der Waals surface area contributed by atoms with Crippen LogP contribution in [0.1, 0.15) is 36.0 Å². The first-order valence-electron chi connectivity index (χ1n) is 7.40. The van der Waals surface area contributed by atoms with E-state index in [1.165, 1.54) is 0 Å². The van der Waals surface area contributed by atoms with Gasteiger partial charge in [-0.2, -0.15) is 0 Å². The highest BCUT2D eigenvalue weighted by Gasteiger charge is 2.35. The number of rotatable bonds is 5. The van der Waals surface area contributed by atoms with E-state index in [1.54, 1.807) is 24.3 Å². The van der Waals surface area contributed by atoms with Crippen LogP contribution in [0.25, 0.3) is 0 Å². The molecule has 0 aromatic heterocycles. The molecule has 1 saturated carbocycles. The van der Waals surface area contributed by atoms with Crippen LogP contribution in [0.5, 0.6) is 0 Å². The average Bonchev–Trinajstić information content (AvgIpc) is 2.54. The number of nitrogens with one attached hydrogen (secondary N) is 1. The van der Waals surface area contributed by atoms with Crippen molar-refractivity contribution in [2.75, 3.05) is 11.9 Å². The molecule has 2 rings (SSSR count). The fourth-order valence-electron chi connectivity index (χ4n) is 2.86. The molecule has 0 heterocycles. The van der Waals surface area contributed by atoms with Crippen LogP contribution in [0.3, 0.4) is 0 Å². The molecule has 1 aliphatic rings. The normalized spacial score (nSPS) is 21.1. The summed E-state index contributed by atoms with van der Waals surface area (Å²) in [5.41, 5.74) is 6.24. The van der Waals surface area contributed by atoms with Crippen molar-refractivity contribution in [2.24, 2.45) is 17.6 Å². The first kappa shape index (κ1) is 16.2. The molecule has 0 saturated heterocycles. The van der Waals surface area contributed by atoms with E-state index in [1.807, 2.05) is 0 Å². The van der Waals surface area contributed by atoms with Crippen molar-refractivity contribution < 1.29 is 19.5 Å². The highest BCUT2D eigenvalue weighted by Crippen LogP contribution is 2.31. The Morgan fingerprint density at radius 3 is 2.50 bits per heavy atom. The summed E-state index contributed by atoms with van der Waals surface area (Å²) in [5, 5.41) is 12.0. The lowest BCUT2D eigenvalue weighted by Crippen LogP contribution is -2.36. The number of anilines is 1. The van der Waals surface area contributed by atoms with Crippen LogP contribution in [0, 0.1) is 11.8 Å². The maximum atomic E-state index is 12.3. The Morgan fingerprint density at radius 1 is 1.18 bits per heavy atom. The van der Waals surface area contributed by atoms with Crippen LogP contribution in [-0.2, 0) is 9.59 Å². The van der Waals surface area contributed by atoms with E-state index in [9.17, 15) is 19.5 Å². The number of carboxylic acids is 1. The monoisotopic (exact) mass is 304 g/mol. The molecule has 118 valence electrons. The zero-order chi connectivity index (χ0) is 16.1. The summed E-state index contributed by atoms with van der Waals surface area (Å²) in [6.45, 7) is -0.0961. The Balaban J connectivity index is 2.10.